The predicted octanol–water partition coefficient (Wildman–Crippen LogP) is 4.43. The Hall–Kier alpha value is -3.39. The number of rotatable bonds is 6. The van der Waals surface area contributed by atoms with Crippen molar-refractivity contribution in [1.29, 1.82) is 0 Å². The van der Waals surface area contributed by atoms with Crippen molar-refractivity contribution in [3.63, 3.8) is 0 Å². The molecule has 0 unspecified atom stereocenters. The number of amides is 1. The van der Waals surface area contributed by atoms with Crippen LogP contribution >= 0.6 is 11.6 Å². The third-order valence-electron chi connectivity index (χ3n) is 4.66. The van der Waals surface area contributed by atoms with E-state index in [1.807, 2.05) is 13.8 Å². The number of nitrogens with one attached hydrogen (secondary N) is 1. The van der Waals surface area contributed by atoms with Crippen LogP contribution in [0.3, 0.4) is 0 Å². The highest BCUT2D eigenvalue weighted by Gasteiger charge is 2.15. The number of anilines is 1. The topological polar surface area (TPSA) is 77.9 Å². The van der Waals surface area contributed by atoms with Crippen LogP contribution in [0.1, 0.15) is 33.3 Å². The van der Waals surface area contributed by atoms with E-state index in [-0.39, 0.29) is 18.1 Å². The molecule has 9 heteroatoms. The molecular formula is C21H19ClFN5O2. The van der Waals surface area contributed by atoms with Crippen molar-refractivity contribution < 1.29 is 13.6 Å². The molecule has 4 aromatic rings. The minimum atomic E-state index is -0.427. The van der Waals surface area contributed by atoms with Gasteiger partial charge in [-0.25, -0.2) is 4.39 Å². The molecular weight excluding hydrogens is 409 g/mol. The van der Waals surface area contributed by atoms with Crippen molar-refractivity contribution in [3.8, 4) is 0 Å². The molecule has 3 heterocycles. The van der Waals surface area contributed by atoms with Gasteiger partial charge in [0.05, 0.1) is 29.5 Å². The molecule has 0 bridgehead atoms. The van der Waals surface area contributed by atoms with Crippen molar-refractivity contribution in [2.75, 3.05) is 5.32 Å². The second-order valence-corrected chi connectivity index (χ2v) is 7.23. The minimum absolute atomic E-state index is 0.154. The summed E-state index contributed by atoms with van der Waals surface area (Å²) in [6.45, 7) is 4.33. The van der Waals surface area contributed by atoms with E-state index in [0.29, 0.717) is 28.7 Å². The second-order valence-electron chi connectivity index (χ2n) is 6.85. The maximum absolute atomic E-state index is 13.8. The summed E-state index contributed by atoms with van der Waals surface area (Å²) in [7, 11) is 0. The Labute approximate surface area is 177 Å². The molecule has 154 valence electrons. The van der Waals surface area contributed by atoms with Crippen molar-refractivity contribution in [2.24, 2.45) is 0 Å². The molecule has 1 amide bonds. The van der Waals surface area contributed by atoms with Gasteiger partial charge in [-0.05, 0) is 32.0 Å². The lowest BCUT2D eigenvalue weighted by atomic mass is 10.2. The number of hydrogen-bond acceptors (Lipinski definition) is 4. The van der Waals surface area contributed by atoms with Gasteiger partial charge in [-0.15, -0.1) is 0 Å². The average molecular weight is 428 g/mol. The molecule has 30 heavy (non-hydrogen) atoms. The molecule has 0 saturated heterocycles. The van der Waals surface area contributed by atoms with E-state index in [1.54, 1.807) is 52.0 Å². The van der Waals surface area contributed by atoms with E-state index < -0.39 is 5.91 Å². The Morgan fingerprint density at radius 2 is 1.93 bits per heavy atom. The van der Waals surface area contributed by atoms with Crippen LogP contribution in [0, 0.1) is 19.7 Å². The van der Waals surface area contributed by atoms with Gasteiger partial charge in [-0.2, -0.15) is 10.2 Å². The first-order chi connectivity index (χ1) is 14.4. The molecule has 0 saturated carbocycles. The number of aryl methyl sites for hydroxylation is 1. The van der Waals surface area contributed by atoms with Crippen LogP contribution in [0.2, 0.25) is 5.02 Å². The number of hydrogen-bond donors (Lipinski definition) is 1. The summed E-state index contributed by atoms with van der Waals surface area (Å²) in [4.78, 5) is 12.5. The van der Waals surface area contributed by atoms with Gasteiger partial charge in [-0.1, -0.05) is 29.8 Å². The summed E-state index contributed by atoms with van der Waals surface area (Å²) in [6.07, 6.45) is 1.67. The average Bonchev–Trinajstić information content (AvgIpc) is 3.42. The van der Waals surface area contributed by atoms with Gasteiger partial charge in [0.25, 0.3) is 5.91 Å². The number of furan rings is 1. The highest BCUT2D eigenvalue weighted by molar-refractivity contribution is 6.31. The first-order valence-corrected chi connectivity index (χ1v) is 9.65. The van der Waals surface area contributed by atoms with Gasteiger partial charge in [-0.3, -0.25) is 14.2 Å². The normalized spacial score (nSPS) is 11.1. The zero-order valence-corrected chi connectivity index (χ0v) is 17.2. The summed E-state index contributed by atoms with van der Waals surface area (Å²) in [5.41, 5.74) is 2.08. The summed E-state index contributed by atoms with van der Waals surface area (Å²) in [6, 6.07) is 11.4. The predicted molar refractivity (Wildman–Crippen MR) is 110 cm³/mol. The number of benzene rings is 1. The zero-order valence-electron chi connectivity index (χ0n) is 16.4. The summed E-state index contributed by atoms with van der Waals surface area (Å²) >= 11 is 6.16. The van der Waals surface area contributed by atoms with Crippen LogP contribution in [0.25, 0.3) is 0 Å². The molecule has 0 fully saturated rings. The lowest BCUT2D eigenvalue weighted by Crippen LogP contribution is -2.12. The fraction of sp³-hybridized carbons (Fsp3) is 0.190. The SMILES string of the molecule is Cc1nn(Cc2ccc(C(=O)Nc3ccn(Cc4ccccc4F)n3)o2)c(C)c1Cl. The van der Waals surface area contributed by atoms with Gasteiger partial charge < -0.3 is 9.73 Å². The largest absolute Gasteiger partial charge is 0.454 e. The molecule has 0 radical (unpaired) electrons. The number of halogens is 2. The number of carbonyl (C=O) groups is 1. The van der Waals surface area contributed by atoms with Gasteiger partial charge in [0.1, 0.15) is 11.6 Å². The van der Waals surface area contributed by atoms with Crippen LogP contribution in [0.4, 0.5) is 10.2 Å². The standard InChI is InChI=1S/C21H19ClFN5O2/c1-13-20(22)14(2)28(25-13)12-16-7-8-18(30-16)21(29)24-19-9-10-27(26-19)11-15-5-3-4-6-17(15)23/h3-10H,11-12H2,1-2H3,(H,24,26,29). The Kier molecular flexibility index (Phi) is 5.41. The quantitative estimate of drug-likeness (QED) is 0.493. The van der Waals surface area contributed by atoms with Crippen LogP contribution in [-0.4, -0.2) is 25.5 Å². The van der Waals surface area contributed by atoms with E-state index >= 15 is 0 Å². The van der Waals surface area contributed by atoms with Crippen LogP contribution in [-0.2, 0) is 13.1 Å². The summed E-state index contributed by atoms with van der Waals surface area (Å²) < 4.78 is 22.7. The van der Waals surface area contributed by atoms with Crippen molar-refractivity contribution in [2.45, 2.75) is 26.9 Å². The minimum Gasteiger partial charge on any atom is -0.454 e. The van der Waals surface area contributed by atoms with E-state index in [2.05, 4.69) is 15.5 Å². The number of nitrogens with zero attached hydrogens (tertiary/aromatic N) is 4. The second kappa shape index (κ2) is 8.16. The molecule has 1 aromatic carbocycles. The lowest BCUT2D eigenvalue weighted by Gasteiger charge is -2.03. The summed E-state index contributed by atoms with van der Waals surface area (Å²) in [5, 5.41) is 11.9. The maximum atomic E-state index is 13.8. The lowest BCUT2D eigenvalue weighted by molar-refractivity contribution is 0.0994. The molecule has 0 aliphatic carbocycles. The Morgan fingerprint density at radius 1 is 1.13 bits per heavy atom. The van der Waals surface area contributed by atoms with E-state index in [9.17, 15) is 9.18 Å². The Morgan fingerprint density at radius 3 is 2.67 bits per heavy atom. The molecule has 0 spiro atoms. The van der Waals surface area contributed by atoms with Crippen LogP contribution in [0.5, 0.6) is 0 Å². The van der Waals surface area contributed by atoms with E-state index in [4.69, 9.17) is 16.0 Å². The van der Waals surface area contributed by atoms with Crippen LogP contribution < -0.4 is 5.32 Å². The molecule has 0 atom stereocenters. The van der Waals surface area contributed by atoms with E-state index in [0.717, 1.165) is 11.4 Å². The third-order valence-corrected chi connectivity index (χ3v) is 5.20. The molecule has 0 aliphatic heterocycles. The van der Waals surface area contributed by atoms with E-state index in [1.165, 1.54) is 6.07 Å². The molecule has 0 aliphatic rings. The Bertz CT molecular complexity index is 1210. The number of carbonyl (C=O) groups excluding carboxylic acids is 1. The van der Waals surface area contributed by atoms with Gasteiger partial charge in [0.2, 0.25) is 0 Å². The Balaban J connectivity index is 1.41. The highest BCUT2D eigenvalue weighted by atomic mass is 35.5. The van der Waals surface area contributed by atoms with Crippen molar-refractivity contribution in [3.05, 3.63) is 88.0 Å². The zero-order chi connectivity index (χ0) is 21.3. The fourth-order valence-electron chi connectivity index (χ4n) is 3.06. The molecule has 3 aromatic heterocycles. The maximum Gasteiger partial charge on any atom is 0.292 e. The van der Waals surface area contributed by atoms with Crippen LogP contribution in [0.15, 0.2) is 53.1 Å². The number of aromatic nitrogens is 4. The monoisotopic (exact) mass is 427 g/mol. The highest BCUT2D eigenvalue weighted by Crippen LogP contribution is 2.20. The summed E-state index contributed by atoms with van der Waals surface area (Å²) in [5.74, 6) is 0.350. The smallest absolute Gasteiger partial charge is 0.292 e. The fourth-order valence-corrected chi connectivity index (χ4v) is 3.19. The molecule has 4 rings (SSSR count). The first-order valence-electron chi connectivity index (χ1n) is 9.27. The van der Waals surface area contributed by atoms with Crippen molar-refractivity contribution in [1.82, 2.24) is 19.6 Å². The van der Waals surface area contributed by atoms with Gasteiger partial charge >= 0.3 is 0 Å². The van der Waals surface area contributed by atoms with Crippen molar-refractivity contribution >= 4 is 23.3 Å². The van der Waals surface area contributed by atoms with Gasteiger partial charge in [0, 0.05) is 17.8 Å². The first kappa shape index (κ1) is 19.9. The third kappa shape index (κ3) is 4.13. The van der Waals surface area contributed by atoms with Gasteiger partial charge in [0.15, 0.2) is 11.6 Å². The molecule has 7 nitrogen and oxygen atoms in total. The molecule has 1 N–H and O–H groups in total.